The number of methoxy groups -OCH3 is 1. The van der Waals surface area contributed by atoms with E-state index < -0.39 is 10.0 Å². The summed E-state index contributed by atoms with van der Waals surface area (Å²) in [5.41, 5.74) is 1.02. The lowest BCUT2D eigenvalue weighted by Gasteiger charge is -2.32. The van der Waals surface area contributed by atoms with Crippen molar-refractivity contribution < 1.29 is 17.9 Å². The van der Waals surface area contributed by atoms with E-state index in [-0.39, 0.29) is 11.8 Å². The third-order valence-corrected chi connectivity index (χ3v) is 7.02. The molecule has 0 aromatic heterocycles. The standard InChI is InChI=1S/C21H36N4O4S/c1-5-14-30(26,27)25-12-10-18(11-13-25)24-21(22-6-2)23-16-17-8-9-19(28-4)20(15-17)29-7-3/h8-9,15,18H,5-7,10-14,16H2,1-4H3,(H2,22,23,24). The summed E-state index contributed by atoms with van der Waals surface area (Å²) in [6, 6.07) is 6.02. The predicted octanol–water partition coefficient (Wildman–Crippen LogP) is 2.35. The molecule has 8 nitrogen and oxygen atoms in total. The smallest absolute Gasteiger partial charge is 0.214 e. The zero-order chi connectivity index (χ0) is 22.0. The molecule has 1 aromatic carbocycles. The van der Waals surface area contributed by atoms with Crippen LogP contribution in [-0.2, 0) is 16.6 Å². The average Bonchev–Trinajstić information content (AvgIpc) is 2.73. The molecule has 2 rings (SSSR count). The van der Waals surface area contributed by atoms with Crippen molar-refractivity contribution in [3.63, 3.8) is 0 Å². The number of hydrogen-bond donors (Lipinski definition) is 2. The van der Waals surface area contributed by atoms with Crippen LogP contribution >= 0.6 is 0 Å². The maximum absolute atomic E-state index is 12.2. The summed E-state index contributed by atoms with van der Waals surface area (Å²) >= 11 is 0. The minimum absolute atomic E-state index is 0.200. The Hall–Kier alpha value is -2.00. The summed E-state index contributed by atoms with van der Waals surface area (Å²) in [4.78, 5) is 4.70. The minimum atomic E-state index is -3.12. The highest BCUT2D eigenvalue weighted by molar-refractivity contribution is 7.89. The first-order valence-corrected chi connectivity index (χ1v) is 12.4. The van der Waals surface area contributed by atoms with E-state index in [9.17, 15) is 8.42 Å². The third kappa shape index (κ3) is 7.05. The number of nitrogens with zero attached hydrogens (tertiary/aromatic N) is 2. The van der Waals surface area contributed by atoms with Gasteiger partial charge in [-0.05, 0) is 50.8 Å². The Kier molecular flexibility index (Phi) is 9.71. The van der Waals surface area contributed by atoms with E-state index in [0.717, 1.165) is 30.9 Å². The van der Waals surface area contributed by atoms with Gasteiger partial charge in [0, 0.05) is 25.7 Å². The lowest BCUT2D eigenvalue weighted by molar-refractivity contribution is 0.306. The molecular weight excluding hydrogens is 404 g/mol. The Bertz CT molecular complexity index is 790. The van der Waals surface area contributed by atoms with Crippen molar-refractivity contribution in [2.45, 2.75) is 52.6 Å². The highest BCUT2D eigenvalue weighted by atomic mass is 32.2. The van der Waals surface area contributed by atoms with E-state index in [2.05, 4.69) is 10.6 Å². The second-order valence-corrected chi connectivity index (χ2v) is 9.34. The Morgan fingerprint density at radius 2 is 1.93 bits per heavy atom. The number of sulfonamides is 1. The summed E-state index contributed by atoms with van der Waals surface area (Å²) in [7, 11) is -1.49. The van der Waals surface area contributed by atoms with E-state index in [4.69, 9.17) is 14.5 Å². The summed E-state index contributed by atoms with van der Waals surface area (Å²) < 4.78 is 37.1. The fraction of sp³-hybridized carbons (Fsp3) is 0.667. The molecule has 170 valence electrons. The molecule has 1 aliphatic rings. The Morgan fingerprint density at radius 3 is 2.53 bits per heavy atom. The van der Waals surface area contributed by atoms with Crippen LogP contribution in [0.1, 0.15) is 45.6 Å². The molecule has 30 heavy (non-hydrogen) atoms. The average molecular weight is 441 g/mol. The van der Waals surface area contributed by atoms with E-state index in [1.807, 2.05) is 39.0 Å². The maximum Gasteiger partial charge on any atom is 0.214 e. The van der Waals surface area contributed by atoms with Crippen molar-refractivity contribution in [2.75, 3.05) is 39.1 Å². The molecular formula is C21H36N4O4S. The normalized spacial score (nSPS) is 16.3. The molecule has 1 saturated heterocycles. The van der Waals surface area contributed by atoms with Crippen LogP contribution < -0.4 is 20.1 Å². The zero-order valence-corrected chi connectivity index (χ0v) is 19.4. The van der Waals surface area contributed by atoms with Gasteiger partial charge in [0.15, 0.2) is 17.5 Å². The first kappa shape index (κ1) is 24.3. The van der Waals surface area contributed by atoms with Crippen LogP contribution in [0, 0.1) is 0 Å². The molecule has 0 unspecified atom stereocenters. The van der Waals surface area contributed by atoms with Gasteiger partial charge in [0.05, 0.1) is 26.0 Å². The van der Waals surface area contributed by atoms with Crippen molar-refractivity contribution >= 4 is 16.0 Å². The number of hydrogen-bond acceptors (Lipinski definition) is 5. The second kappa shape index (κ2) is 12.0. The molecule has 1 heterocycles. The molecule has 0 aliphatic carbocycles. The summed E-state index contributed by atoms with van der Waals surface area (Å²) in [5.74, 6) is 2.38. The third-order valence-electron chi connectivity index (χ3n) is 4.94. The molecule has 1 aliphatic heterocycles. The predicted molar refractivity (Wildman–Crippen MR) is 121 cm³/mol. The molecule has 0 atom stereocenters. The summed E-state index contributed by atoms with van der Waals surface area (Å²) in [6.45, 7) is 8.79. The number of benzene rings is 1. The molecule has 0 spiro atoms. The van der Waals surface area contributed by atoms with Crippen molar-refractivity contribution in [3.8, 4) is 11.5 Å². The van der Waals surface area contributed by atoms with Gasteiger partial charge in [-0.2, -0.15) is 0 Å². The molecule has 0 amide bonds. The number of piperidine rings is 1. The van der Waals surface area contributed by atoms with Crippen LogP contribution in [0.25, 0.3) is 0 Å². The van der Waals surface area contributed by atoms with Crippen LogP contribution in [0.5, 0.6) is 11.5 Å². The fourth-order valence-corrected chi connectivity index (χ4v) is 4.98. The number of aliphatic imine (C=N–C) groups is 1. The van der Waals surface area contributed by atoms with Gasteiger partial charge < -0.3 is 20.1 Å². The van der Waals surface area contributed by atoms with E-state index in [1.54, 1.807) is 11.4 Å². The van der Waals surface area contributed by atoms with Crippen molar-refractivity contribution in [3.05, 3.63) is 23.8 Å². The number of nitrogens with one attached hydrogen (secondary N) is 2. The summed E-state index contributed by atoms with van der Waals surface area (Å²) in [6.07, 6.45) is 2.18. The quantitative estimate of drug-likeness (QED) is 0.429. The number of guanidine groups is 1. The highest BCUT2D eigenvalue weighted by Crippen LogP contribution is 2.28. The zero-order valence-electron chi connectivity index (χ0n) is 18.6. The van der Waals surface area contributed by atoms with Gasteiger partial charge in [0.25, 0.3) is 0 Å². The van der Waals surface area contributed by atoms with Gasteiger partial charge in [-0.3, -0.25) is 0 Å². The number of ether oxygens (including phenoxy) is 2. The number of rotatable bonds is 10. The second-order valence-electron chi connectivity index (χ2n) is 7.25. The monoisotopic (exact) mass is 440 g/mol. The van der Waals surface area contributed by atoms with Crippen molar-refractivity contribution in [1.29, 1.82) is 0 Å². The van der Waals surface area contributed by atoms with E-state index in [0.29, 0.717) is 44.2 Å². The van der Waals surface area contributed by atoms with Crippen molar-refractivity contribution in [1.82, 2.24) is 14.9 Å². The van der Waals surface area contributed by atoms with Crippen LogP contribution in [0.4, 0.5) is 0 Å². The SMILES string of the molecule is CCCS(=O)(=O)N1CCC(NC(=NCc2ccc(OC)c(OCC)c2)NCC)CC1. The van der Waals surface area contributed by atoms with Gasteiger partial charge in [-0.25, -0.2) is 17.7 Å². The van der Waals surface area contributed by atoms with Crippen LogP contribution in [0.15, 0.2) is 23.2 Å². The van der Waals surface area contributed by atoms with E-state index >= 15 is 0 Å². The van der Waals surface area contributed by atoms with Gasteiger partial charge in [-0.15, -0.1) is 0 Å². The minimum Gasteiger partial charge on any atom is -0.493 e. The molecule has 0 radical (unpaired) electrons. The molecule has 0 bridgehead atoms. The molecule has 2 N–H and O–H groups in total. The molecule has 1 aromatic rings. The van der Waals surface area contributed by atoms with E-state index in [1.165, 1.54) is 0 Å². The first-order chi connectivity index (χ1) is 14.4. The van der Waals surface area contributed by atoms with Gasteiger partial charge >= 0.3 is 0 Å². The summed E-state index contributed by atoms with van der Waals surface area (Å²) in [5, 5.41) is 6.73. The molecule has 0 saturated carbocycles. The largest absolute Gasteiger partial charge is 0.493 e. The molecule has 9 heteroatoms. The van der Waals surface area contributed by atoms with Crippen LogP contribution in [-0.4, -0.2) is 63.8 Å². The molecule has 1 fully saturated rings. The fourth-order valence-electron chi connectivity index (χ4n) is 3.44. The lowest BCUT2D eigenvalue weighted by atomic mass is 10.1. The first-order valence-electron chi connectivity index (χ1n) is 10.8. The Labute approximate surface area is 181 Å². The Balaban J connectivity index is 1.98. The van der Waals surface area contributed by atoms with Crippen LogP contribution in [0.2, 0.25) is 0 Å². The van der Waals surface area contributed by atoms with Gasteiger partial charge in [-0.1, -0.05) is 13.0 Å². The van der Waals surface area contributed by atoms with Gasteiger partial charge in [0.2, 0.25) is 10.0 Å². The topological polar surface area (TPSA) is 92.3 Å². The van der Waals surface area contributed by atoms with Crippen molar-refractivity contribution in [2.24, 2.45) is 4.99 Å². The highest BCUT2D eigenvalue weighted by Gasteiger charge is 2.27. The maximum atomic E-state index is 12.2. The lowest BCUT2D eigenvalue weighted by Crippen LogP contribution is -2.50. The Morgan fingerprint density at radius 1 is 1.20 bits per heavy atom. The van der Waals surface area contributed by atoms with Crippen LogP contribution in [0.3, 0.4) is 0 Å². The van der Waals surface area contributed by atoms with Gasteiger partial charge in [0.1, 0.15) is 0 Å².